The number of quaternary nitrogens is 1. The monoisotopic (exact) mass is 1010 g/mol. The lowest BCUT2D eigenvalue weighted by atomic mass is 10.0. The van der Waals surface area contributed by atoms with E-state index in [-0.39, 0.29) is 38.0 Å². The Morgan fingerprint density at radius 3 is 2.03 bits per heavy atom. The molecule has 14 nitrogen and oxygen atoms in total. The van der Waals surface area contributed by atoms with E-state index >= 15 is 0 Å². The second-order valence-corrected chi connectivity index (χ2v) is 21.6. The SMILES string of the molecule is CCCCC/C=C\C\C=C/C=C/C=C/[C@@H](SC[C@H](N)C(=O)O[C@H](COC(=O)CCCCCCCCCCc1oc(CCCCC)c(C)c1C)COP(=O)([O-])OCC[N+](C)(C)C)[C@@H](O)CCCC(=O)O. The normalized spacial score (nSPS) is 15.0. The lowest BCUT2D eigenvalue weighted by Gasteiger charge is -2.28. The van der Waals surface area contributed by atoms with Gasteiger partial charge in [-0.3, -0.25) is 18.9 Å². The van der Waals surface area contributed by atoms with Crippen LogP contribution in [0.1, 0.15) is 165 Å². The third-order valence-corrected chi connectivity index (χ3v) is 13.9. The summed E-state index contributed by atoms with van der Waals surface area (Å²) in [6.45, 7) is 7.88. The number of unbranched alkanes of at least 4 members (excludes halogenated alkanes) is 12. The van der Waals surface area contributed by atoms with Crippen LogP contribution in [0.5, 0.6) is 0 Å². The van der Waals surface area contributed by atoms with Crippen LogP contribution in [0.2, 0.25) is 0 Å². The number of rotatable bonds is 43. The van der Waals surface area contributed by atoms with Gasteiger partial charge < -0.3 is 48.3 Å². The summed E-state index contributed by atoms with van der Waals surface area (Å²) in [7, 11) is 0.842. The van der Waals surface area contributed by atoms with Crippen molar-refractivity contribution in [2.24, 2.45) is 5.73 Å². The van der Waals surface area contributed by atoms with Crippen molar-refractivity contribution < 1.29 is 61.5 Å². The number of furan rings is 1. The number of hydrogen-bond donors (Lipinski definition) is 3. The zero-order valence-electron chi connectivity index (χ0n) is 43.4. The maximum absolute atomic E-state index is 13.3. The van der Waals surface area contributed by atoms with Crippen molar-refractivity contribution in [2.45, 2.75) is 192 Å². The minimum Gasteiger partial charge on any atom is -0.756 e. The number of aryl methyl sites for hydroxylation is 2. The molecule has 0 aliphatic rings. The van der Waals surface area contributed by atoms with E-state index in [1.165, 1.54) is 61.4 Å². The van der Waals surface area contributed by atoms with Crippen molar-refractivity contribution in [1.29, 1.82) is 0 Å². The van der Waals surface area contributed by atoms with Gasteiger partial charge in [0.2, 0.25) is 0 Å². The standard InChI is InChI=1S/C53H91N2O12PS/c1-8-10-12-13-14-15-16-17-18-22-25-29-35-50(47(56)32-31-36-51(57)58)69-42-46(54)53(60)66-45(41-65-68(61,62)64-39-38-55(5,6)7)40-63-52(59)37-30-26-23-20-19-21-24-28-34-49-44(4)43(3)48(67-49)33-27-11-9-2/h14-15,17-18,22,25,29,35,45-47,50,56H,8-13,16,19-21,23-24,26-28,30-34,36-42,54H2,1-7H3,(H-,57,58,61,62)/b15-14-,18-17-,25-22+,35-29+/t45-,46+,47+,50-/m1/s1. The van der Waals surface area contributed by atoms with E-state index in [4.69, 9.17) is 33.8 Å². The van der Waals surface area contributed by atoms with Crippen LogP contribution in [0.25, 0.3) is 0 Å². The molecule has 0 aliphatic heterocycles. The molecule has 0 aromatic carbocycles. The van der Waals surface area contributed by atoms with Gasteiger partial charge in [-0.1, -0.05) is 127 Å². The first kappa shape index (κ1) is 64.0. The lowest BCUT2D eigenvalue weighted by Crippen LogP contribution is -2.40. The van der Waals surface area contributed by atoms with E-state index in [1.807, 2.05) is 45.4 Å². The molecule has 5 atom stereocenters. The number of thioether (sulfide) groups is 1. The van der Waals surface area contributed by atoms with Gasteiger partial charge in [-0.25, -0.2) is 0 Å². The van der Waals surface area contributed by atoms with E-state index in [0.29, 0.717) is 17.4 Å². The minimum absolute atomic E-state index is 0.00397. The van der Waals surface area contributed by atoms with Crippen LogP contribution in [0.3, 0.4) is 0 Å². The summed E-state index contributed by atoms with van der Waals surface area (Å²) >= 11 is 1.20. The van der Waals surface area contributed by atoms with Crippen LogP contribution in [0, 0.1) is 13.8 Å². The van der Waals surface area contributed by atoms with Gasteiger partial charge in [0.05, 0.1) is 33.9 Å². The summed E-state index contributed by atoms with van der Waals surface area (Å²) < 4.78 is 40.4. The van der Waals surface area contributed by atoms with Gasteiger partial charge in [-0.15, -0.1) is 11.8 Å². The molecule has 0 saturated heterocycles. The molecule has 0 saturated carbocycles. The molecule has 0 radical (unpaired) electrons. The Morgan fingerprint density at radius 1 is 0.783 bits per heavy atom. The molecule has 0 spiro atoms. The number of phosphoric ester groups is 1. The number of carboxylic acid groups (broad SMARTS) is 1. The molecule has 1 aromatic heterocycles. The smallest absolute Gasteiger partial charge is 0.324 e. The Labute approximate surface area is 420 Å². The number of carbonyl (C=O) groups excluding carboxylic acids is 2. The average molecular weight is 1010 g/mol. The number of nitrogens with zero attached hydrogens (tertiary/aromatic N) is 1. The molecule has 16 heteroatoms. The second-order valence-electron chi connectivity index (χ2n) is 19.0. The Bertz CT molecular complexity index is 1720. The summed E-state index contributed by atoms with van der Waals surface area (Å²) in [6, 6.07) is -1.21. The zero-order valence-corrected chi connectivity index (χ0v) is 45.1. The number of carbonyl (C=O) groups is 3. The Morgan fingerprint density at radius 2 is 1.39 bits per heavy atom. The van der Waals surface area contributed by atoms with Crippen molar-refractivity contribution in [3.05, 3.63) is 71.3 Å². The number of phosphoric acid groups is 1. The van der Waals surface area contributed by atoms with Crippen LogP contribution in [0.15, 0.2) is 53.0 Å². The fraction of sp³-hybridized carbons (Fsp3) is 0.717. The minimum atomic E-state index is -4.80. The number of esters is 2. The number of allylic oxidation sites excluding steroid dienone is 7. The fourth-order valence-corrected chi connectivity index (χ4v) is 8.93. The predicted octanol–water partition coefficient (Wildman–Crippen LogP) is 10.6. The lowest BCUT2D eigenvalue weighted by molar-refractivity contribution is -0.870. The van der Waals surface area contributed by atoms with Gasteiger partial charge in [0.1, 0.15) is 37.3 Å². The summed E-state index contributed by atoms with van der Waals surface area (Å²) in [5.41, 5.74) is 8.86. The molecule has 69 heavy (non-hydrogen) atoms. The number of aliphatic carboxylic acids is 1. The highest BCUT2D eigenvalue weighted by molar-refractivity contribution is 8.00. The summed E-state index contributed by atoms with van der Waals surface area (Å²) in [5, 5.41) is 19.5. The third kappa shape index (κ3) is 34.1. The highest BCUT2D eigenvalue weighted by Crippen LogP contribution is 2.38. The number of nitrogens with two attached hydrogens (primary N) is 1. The molecule has 1 aromatic rings. The van der Waals surface area contributed by atoms with Gasteiger partial charge in [0.15, 0.2) is 6.10 Å². The molecular weight excluding hydrogens is 920 g/mol. The number of aliphatic hydroxyl groups is 1. The molecule has 396 valence electrons. The topological polar surface area (TPSA) is 208 Å². The number of ether oxygens (including phenoxy) is 2. The molecule has 1 unspecified atom stereocenters. The van der Waals surface area contributed by atoms with Crippen molar-refractivity contribution >= 4 is 37.5 Å². The molecule has 1 rings (SSSR count). The van der Waals surface area contributed by atoms with Crippen LogP contribution >= 0.6 is 19.6 Å². The first-order chi connectivity index (χ1) is 32.9. The van der Waals surface area contributed by atoms with Crippen molar-refractivity contribution in [3.63, 3.8) is 0 Å². The van der Waals surface area contributed by atoms with Crippen molar-refractivity contribution in [3.8, 4) is 0 Å². The number of carboxylic acids is 1. The Kier molecular flexibility index (Phi) is 35.8. The maximum Gasteiger partial charge on any atom is 0.324 e. The van der Waals surface area contributed by atoms with E-state index in [0.717, 1.165) is 82.1 Å². The molecule has 0 aliphatic carbocycles. The highest BCUT2D eigenvalue weighted by Gasteiger charge is 2.27. The van der Waals surface area contributed by atoms with E-state index < -0.39 is 62.4 Å². The van der Waals surface area contributed by atoms with E-state index in [1.54, 1.807) is 12.2 Å². The molecular formula is C53H91N2O12PS. The second kappa shape index (κ2) is 38.6. The largest absolute Gasteiger partial charge is 0.756 e. The first-order valence-corrected chi connectivity index (χ1v) is 28.2. The van der Waals surface area contributed by atoms with E-state index in [2.05, 4.69) is 39.8 Å². The van der Waals surface area contributed by atoms with Gasteiger partial charge in [-0.2, -0.15) is 0 Å². The predicted molar refractivity (Wildman–Crippen MR) is 277 cm³/mol. The maximum atomic E-state index is 13.3. The molecule has 4 N–H and O–H groups in total. The number of likely N-dealkylation sites (N-methyl/N-ethyl adjacent to an activating group) is 1. The highest BCUT2D eigenvalue weighted by atomic mass is 32.2. The summed E-state index contributed by atoms with van der Waals surface area (Å²) in [4.78, 5) is 49.8. The zero-order chi connectivity index (χ0) is 51.3. The van der Waals surface area contributed by atoms with Crippen LogP contribution < -0.4 is 10.6 Å². The summed E-state index contributed by atoms with van der Waals surface area (Å²) in [6.07, 6.45) is 33.0. The van der Waals surface area contributed by atoms with Gasteiger partial charge in [-0.05, 0) is 76.3 Å². The molecule has 0 bridgehead atoms. The number of aliphatic hydroxyl groups excluding tert-OH is 1. The van der Waals surface area contributed by atoms with E-state index in [9.17, 15) is 28.9 Å². The van der Waals surface area contributed by atoms with Crippen LogP contribution in [-0.4, -0.2) is 109 Å². The van der Waals surface area contributed by atoms with Gasteiger partial charge >= 0.3 is 17.9 Å². The van der Waals surface area contributed by atoms with Crippen LogP contribution in [0.4, 0.5) is 0 Å². The van der Waals surface area contributed by atoms with Crippen LogP contribution in [-0.2, 0) is 50.3 Å². The Balaban J connectivity index is 2.73. The molecule has 0 amide bonds. The van der Waals surface area contributed by atoms with Crippen molar-refractivity contribution in [2.75, 3.05) is 53.3 Å². The fourth-order valence-electron chi connectivity index (χ4n) is 7.08. The first-order valence-electron chi connectivity index (χ1n) is 25.6. The summed E-state index contributed by atoms with van der Waals surface area (Å²) in [5.74, 6) is -0.0713. The van der Waals surface area contributed by atoms with Gasteiger partial charge in [0.25, 0.3) is 7.82 Å². The van der Waals surface area contributed by atoms with Gasteiger partial charge in [0, 0.05) is 36.7 Å². The average Bonchev–Trinajstić information content (AvgIpc) is 3.56. The molecule has 0 fully saturated rings. The van der Waals surface area contributed by atoms with Crippen molar-refractivity contribution in [1.82, 2.24) is 0 Å². The third-order valence-electron chi connectivity index (χ3n) is 11.6. The Hall–Kier alpha value is -3.01. The number of hydrogen-bond acceptors (Lipinski definition) is 13. The molecule has 1 heterocycles. The quantitative estimate of drug-likeness (QED) is 0.0139.